The van der Waals surface area contributed by atoms with Crippen molar-refractivity contribution in [3.8, 4) is 11.5 Å². The van der Waals surface area contributed by atoms with Crippen LogP contribution in [0.4, 0.5) is 0 Å². The molecule has 1 aromatic carbocycles. The highest BCUT2D eigenvalue weighted by Crippen LogP contribution is 2.36. The van der Waals surface area contributed by atoms with E-state index in [0.29, 0.717) is 12.0 Å². The molecule has 1 aliphatic heterocycles. The zero-order chi connectivity index (χ0) is 13.9. The molecule has 1 saturated carbocycles. The Balaban J connectivity index is 1.80. The van der Waals surface area contributed by atoms with Gasteiger partial charge in [0.2, 0.25) is 0 Å². The van der Waals surface area contributed by atoms with Crippen LogP contribution in [0.5, 0.6) is 11.5 Å². The summed E-state index contributed by atoms with van der Waals surface area (Å²) in [4.78, 5) is 0. The number of methoxy groups -OCH3 is 1. The quantitative estimate of drug-likeness (QED) is 0.909. The number of ether oxygens (including phenoxy) is 2. The van der Waals surface area contributed by atoms with Crippen molar-refractivity contribution in [3.63, 3.8) is 0 Å². The normalized spacial score (nSPS) is 22.9. The average molecular weight is 273 g/mol. The Morgan fingerprint density at radius 3 is 2.65 bits per heavy atom. The third-order valence-corrected chi connectivity index (χ3v) is 4.35. The van der Waals surface area contributed by atoms with Gasteiger partial charge < -0.3 is 14.8 Å². The van der Waals surface area contributed by atoms with Crippen molar-refractivity contribution >= 4 is 0 Å². The number of allylic oxidation sites excluding steroid dienone is 1. The van der Waals surface area contributed by atoms with Gasteiger partial charge in [0.1, 0.15) is 0 Å². The first-order valence-corrected chi connectivity index (χ1v) is 7.52. The van der Waals surface area contributed by atoms with E-state index in [-0.39, 0.29) is 0 Å². The van der Waals surface area contributed by atoms with E-state index < -0.39 is 0 Å². The maximum absolute atomic E-state index is 6.16. The maximum atomic E-state index is 6.16. The zero-order valence-electron chi connectivity index (χ0n) is 12.2. The second-order valence-electron chi connectivity index (χ2n) is 5.82. The highest BCUT2D eigenvalue weighted by Gasteiger charge is 2.22. The first-order valence-electron chi connectivity index (χ1n) is 7.52. The number of benzene rings is 1. The molecule has 3 rings (SSSR count). The molecule has 1 unspecified atom stereocenters. The fourth-order valence-electron chi connectivity index (χ4n) is 3.17. The molecule has 1 aliphatic carbocycles. The molecule has 1 N–H and O–H groups in total. The standard InChI is InChI=1S/C17H23NO2/c1-12-9-14(11-18-12)13-7-8-16(19-2)17(10-13)20-15-5-3-4-6-15/h7-8,10,14-15,18H,1,3-6,9,11H2,2H3. The number of rotatable bonds is 4. The van der Waals surface area contributed by atoms with Crippen LogP contribution < -0.4 is 14.8 Å². The maximum Gasteiger partial charge on any atom is 0.161 e. The topological polar surface area (TPSA) is 30.5 Å². The second-order valence-corrected chi connectivity index (χ2v) is 5.82. The van der Waals surface area contributed by atoms with Gasteiger partial charge in [0.15, 0.2) is 11.5 Å². The van der Waals surface area contributed by atoms with Crippen LogP contribution in [0.2, 0.25) is 0 Å². The van der Waals surface area contributed by atoms with Crippen LogP contribution in [0.25, 0.3) is 0 Å². The molecular weight excluding hydrogens is 250 g/mol. The van der Waals surface area contributed by atoms with Crippen LogP contribution >= 0.6 is 0 Å². The molecule has 3 nitrogen and oxygen atoms in total. The third kappa shape index (κ3) is 2.77. The van der Waals surface area contributed by atoms with Gasteiger partial charge in [-0.3, -0.25) is 0 Å². The van der Waals surface area contributed by atoms with Crippen molar-refractivity contribution in [3.05, 3.63) is 36.0 Å². The molecule has 3 heteroatoms. The molecule has 1 atom stereocenters. The van der Waals surface area contributed by atoms with Crippen LogP contribution in [-0.2, 0) is 0 Å². The average Bonchev–Trinajstić information content (AvgIpc) is 3.10. The third-order valence-electron chi connectivity index (χ3n) is 4.35. The molecule has 0 aromatic heterocycles. The number of hydrogen-bond donors (Lipinski definition) is 1. The van der Waals surface area contributed by atoms with E-state index in [1.165, 1.54) is 18.4 Å². The second kappa shape index (κ2) is 5.78. The van der Waals surface area contributed by atoms with E-state index in [1.807, 2.05) is 6.07 Å². The Kier molecular flexibility index (Phi) is 3.86. The highest BCUT2D eigenvalue weighted by molar-refractivity contribution is 5.45. The molecule has 2 fully saturated rings. The largest absolute Gasteiger partial charge is 0.493 e. The lowest BCUT2D eigenvalue weighted by Crippen LogP contribution is -2.12. The van der Waals surface area contributed by atoms with Crippen molar-refractivity contribution in [2.24, 2.45) is 0 Å². The molecule has 0 spiro atoms. The van der Waals surface area contributed by atoms with Crippen LogP contribution in [0.1, 0.15) is 43.6 Å². The molecular formula is C17H23NO2. The number of nitrogens with one attached hydrogen (secondary N) is 1. The molecule has 2 aliphatic rings. The summed E-state index contributed by atoms with van der Waals surface area (Å²) in [6.07, 6.45) is 6.24. The smallest absolute Gasteiger partial charge is 0.161 e. The zero-order valence-corrected chi connectivity index (χ0v) is 12.2. The molecule has 0 radical (unpaired) electrons. The molecule has 1 heterocycles. The van der Waals surface area contributed by atoms with E-state index in [2.05, 4.69) is 24.0 Å². The molecule has 1 aromatic rings. The summed E-state index contributed by atoms with van der Waals surface area (Å²) in [7, 11) is 1.70. The Morgan fingerprint density at radius 2 is 2.00 bits per heavy atom. The van der Waals surface area contributed by atoms with Crippen molar-refractivity contribution in [1.82, 2.24) is 5.32 Å². The fourth-order valence-corrected chi connectivity index (χ4v) is 3.17. The molecule has 108 valence electrons. The van der Waals surface area contributed by atoms with Crippen molar-refractivity contribution in [2.45, 2.75) is 44.1 Å². The van der Waals surface area contributed by atoms with Gasteiger partial charge in [-0.05, 0) is 49.8 Å². The van der Waals surface area contributed by atoms with Crippen molar-refractivity contribution < 1.29 is 9.47 Å². The van der Waals surface area contributed by atoms with E-state index in [0.717, 1.165) is 43.0 Å². The summed E-state index contributed by atoms with van der Waals surface area (Å²) in [6, 6.07) is 6.33. The van der Waals surface area contributed by atoms with Crippen LogP contribution in [0.3, 0.4) is 0 Å². The summed E-state index contributed by atoms with van der Waals surface area (Å²) >= 11 is 0. The van der Waals surface area contributed by atoms with Gasteiger partial charge in [0.05, 0.1) is 13.2 Å². The van der Waals surface area contributed by atoms with Gasteiger partial charge in [-0.25, -0.2) is 0 Å². The Bertz CT molecular complexity index is 492. The van der Waals surface area contributed by atoms with Crippen molar-refractivity contribution in [2.75, 3.05) is 13.7 Å². The minimum atomic E-state index is 0.357. The molecule has 0 amide bonds. The molecule has 1 saturated heterocycles. The van der Waals surface area contributed by atoms with Gasteiger partial charge >= 0.3 is 0 Å². The molecule has 20 heavy (non-hydrogen) atoms. The minimum absolute atomic E-state index is 0.357. The predicted molar refractivity (Wildman–Crippen MR) is 80.4 cm³/mol. The van der Waals surface area contributed by atoms with Gasteiger partial charge in [-0.1, -0.05) is 12.6 Å². The highest BCUT2D eigenvalue weighted by atomic mass is 16.5. The monoisotopic (exact) mass is 273 g/mol. The van der Waals surface area contributed by atoms with Gasteiger partial charge in [0.25, 0.3) is 0 Å². The van der Waals surface area contributed by atoms with Gasteiger partial charge in [-0.15, -0.1) is 0 Å². The lowest BCUT2D eigenvalue weighted by Gasteiger charge is -2.18. The first kappa shape index (κ1) is 13.3. The van der Waals surface area contributed by atoms with Gasteiger partial charge in [0, 0.05) is 18.2 Å². The summed E-state index contributed by atoms with van der Waals surface area (Å²) in [5.74, 6) is 2.24. The minimum Gasteiger partial charge on any atom is -0.493 e. The fraction of sp³-hybridized carbons (Fsp3) is 0.529. The van der Waals surface area contributed by atoms with E-state index in [1.54, 1.807) is 7.11 Å². The lowest BCUT2D eigenvalue weighted by atomic mass is 9.97. The SMILES string of the molecule is C=C1CC(c2ccc(OC)c(OC3CCCC3)c2)CN1. The van der Waals surface area contributed by atoms with E-state index >= 15 is 0 Å². The Morgan fingerprint density at radius 1 is 1.20 bits per heavy atom. The van der Waals surface area contributed by atoms with Gasteiger partial charge in [-0.2, -0.15) is 0 Å². The summed E-state index contributed by atoms with van der Waals surface area (Å²) in [6.45, 7) is 4.97. The Labute approximate surface area is 121 Å². The lowest BCUT2D eigenvalue weighted by molar-refractivity contribution is 0.200. The summed E-state index contributed by atoms with van der Waals surface area (Å²) in [5, 5.41) is 3.32. The molecule has 0 bridgehead atoms. The number of hydrogen-bond acceptors (Lipinski definition) is 3. The first-order chi connectivity index (χ1) is 9.76. The summed E-state index contributed by atoms with van der Waals surface area (Å²) < 4.78 is 11.6. The van der Waals surface area contributed by atoms with Crippen LogP contribution in [0.15, 0.2) is 30.5 Å². The predicted octanol–water partition coefficient (Wildman–Crippen LogP) is 3.61. The van der Waals surface area contributed by atoms with Crippen LogP contribution in [0, 0.1) is 0 Å². The van der Waals surface area contributed by atoms with E-state index in [4.69, 9.17) is 9.47 Å². The van der Waals surface area contributed by atoms with E-state index in [9.17, 15) is 0 Å². The summed E-state index contributed by atoms with van der Waals surface area (Å²) in [5.41, 5.74) is 2.44. The Hall–Kier alpha value is -1.64. The van der Waals surface area contributed by atoms with Crippen LogP contribution in [-0.4, -0.2) is 19.8 Å². The van der Waals surface area contributed by atoms with Crippen molar-refractivity contribution in [1.29, 1.82) is 0 Å².